The monoisotopic (exact) mass is 506 g/mol. The smallest absolute Gasteiger partial charge is 0.191 e. The van der Waals surface area contributed by atoms with Gasteiger partial charge >= 0.3 is 0 Å². The summed E-state index contributed by atoms with van der Waals surface area (Å²) in [7, 11) is 1.87. The molecule has 1 aliphatic carbocycles. The van der Waals surface area contributed by atoms with Gasteiger partial charge in [0.05, 0.1) is 13.2 Å². The number of ether oxygens (including phenoxy) is 1. The molecule has 0 amide bonds. The van der Waals surface area contributed by atoms with Crippen molar-refractivity contribution in [2.45, 2.75) is 50.5 Å². The van der Waals surface area contributed by atoms with Gasteiger partial charge in [0.1, 0.15) is 0 Å². The summed E-state index contributed by atoms with van der Waals surface area (Å²) in [6.07, 6.45) is 6.60. The lowest BCUT2D eigenvalue weighted by Gasteiger charge is -2.48. The molecule has 1 aliphatic heterocycles. The van der Waals surface area contributed by atoms with Crippen molar-refractivity contribution in [2.24, 2.45) is 4.99 Å². The molecule has 7 heteroatoms. The van der Waals surface area contributed by atoms with Crippen molar-refractivity contribution in [3.63, 3.8) is 0 Å². The summed E-state index contributed by atoms with van der Waals surface area (Å²) >= 11 is 1.76. The normalized spacial score (nSPS) is 21.9. The van der Waals surface area contributed by atoms with E-state index in [-0.39, 0.29) is 29.5 Å². The van der Waals surface area contributed by atoms with E-state index < -0.39 is 0 Å². The van der Waals surface area contributed by atoms with E-state index in [1.807, 2.05) is 7.05 Å². The third kappa shape index (κ3) is 6.30. The zero-order valence-electron chi connectivity index (χ0n) is 16.7. The number of aliphatic imine (C=N–C) groups is 1. The molecule has 2 heterocycles. The summed E-state index contributed by atoms with van der Waals surface area (Å²) in [6, 6.07) is 2.21. The highest BCUT2D eigenvalue weighted by Gasteiger charge is 2.38. The van der Waals surface area contributed by atoms with Gasteiger partial charge in [-0.15, -0.1) is 24.0 Å². The average Bonchev–Trinajstić information content (AvgIpc) is 3.24. The SMILES string of the molecule is CN=C(NCC(C)c1ccsc1)NCC1(N2CCOCC2)CCCCC1.I. The van der Waals surface area contributed by atoms with E-state index in [4.69, 9.17) is 4.74 Å². The van der Waals surface area contributed by atoms with Crippen molar-refractivity contribution in [3.8, 4) is 0 Å². The van der Waals surface area contributed by atoms with Crippen LogP contribution in [0, 0.1) is 0 Å². The standard InChI is InChI=1S/C20H34N4OS.HI/c1-17(18-6-13-26-15-18)14-22-19(21-2)23-16-20(7-4-3-5-8-20)24-9-11-25-12-10-24;/h6,13,15,17H,3-5,7-12,14,16H2,1-2H3,(H2,21,22,23);1H. The van der Waals surface area contributed by atoms with Crippen LogP contribution in [0.25, 0.3) is 0 Å². The zero-order valence-corrected chi connectivity index (χ0v) is 19.9. The van der Waals surface area contributed by atoms with Crippen LogP contribution in [-0.2, 0) is 4.74 Å². The maximum absolute atomic E-state index is 5.59. The van der Waals surface area contributed by atoms with Crippen LogP contribution in [0.1, 0.15) is 50.5 Å². The zero-order chi connectivity index (χ0) is 18.2. The molecule has 2 fully saturated rings. The molecule has 1 saturated heterocycles. The van der Waals surface area contributed by atoms with E-state index in [0.717, 1.165) is 45.4 Å². The number of nitrogens with zero attached hydrogens (tertiary/aromatic N) is 2. The molecule has 0 spiro atoms. The van der Waals surface area contributed by atoms with Gasteiger partial charge in [-0.3, -0.25) is 9.89 Å². The molecule has 1 aromatic rings. The third-order valence-electron chi connectivity index (χ3n) is 5.96. The lowest BCUT2D eigenvalue weighted by atomic mass is 9.80. The first kappa shape index (κ1) is 22.9. The maximum Gasteiger partial charge on any atom is 0.191 e. The number of rotatable bonds is 6. The number of nitrogens with one attached hydrogen (secondary N) is 2. The van der Waals surface area contributed by atoms with E-state index in [1.165, 1.54) is 37.7 Å². The van der Waals surface area contributed by atoms with Crippen molar-refractivity contribution in [1.82, 2.24) is 15.5 Å². The van der Waals surface area contributed by atoms with Gasteiger partial charge < -0.3 is 15.4 Å². The molecule has 2 N–H and O–H groups in total. The Kier molecular flexibility index (Phi) is 9.82. The van der Waals surface area contributed by atoms with Crippen molar-refractivity contribution >= 4 is 41.3 Å². The Hall–Kier alpha value is -0.380. The highest BCUT2D eigenvalue weighted by atomic mass is 127. The van der Waals surface area contributed by atoms with Crippen LogP contribution >= 0.6 is 35.3 Å². The highest BCUT2D eigenvalue weighted by Crippen LogP contribution is 2.33. The van der Waals surface area contributed by atoms with Gasteiger partial charge in [-0.2, -0.15) is 11.3 Å². The summed E-state index contributed by atoms with van der Waals surface area (Å²) in [6.45, 7) is 7.99. The molecule has 0 aromatic carbocycles. The van der Waals surface area contributed by atoms with Crippen LogP contribution in [0.4, 0.5) is 0 Å². The van der Waals surface area contributed by atoms with E-state index >= 15 is 0 Å². The fourth-order valence-electron chi connectivity index (χ4n) is 4.24. The molecule has 1 aromatic heterocycles. The van der Waals surface area contributed by atoms with Crippen LogP contribution in [0.5, 0.6) is 0 Å². The second-order valence-corrected chi connectivity index (χ2v) is 8.43. The van der Waals surface area contributed by atoms with Gasteiger partial charge in [-0.25, -0.2) is 0 Å². The summed E-state index contributed by atoms with van der Waals surface area (Å²) in [5.74, 6) is 1.41. The molecule has 1 saturated carbocycles. The fourth-order valence-corrected chi connectivity index (χ4v) is 5.03. The first-order valence-electron chi connectivity index (χ1n) is 10.0. The number of morpholine rings is 1. The minimum Gasteiger partial charge on any atom is -0.379 e. The fraction of sp³-hybridized carbons (Fsp3) is 0.750. The van der Waals surface area contributed by atoms with Crippen LogP contribution < -0.4 is 10.6 Å². The van der Waals surface area contributed by atoms with Gasteiger partial charge in [0.25, 0.3) is 0 Å². The summed E-state index contributed by atoms with van der Waals surface area (Å²) in [5, 5.41) is 11.5. The summed E-state index contributed by atoms with van der Waals surface area (Å²) in [4.78, 5) is 7.13. The molecule has 0 radical (unpaired) electrons. The van der Waals surface area contributed by atoms with Gasteiger partial charge in [-0.05, 0) is 41.1 Å². The predicted molar refractivity (Wildman–Crippen MR) is 126 cm³/mol. The van der Waals surface area contributed by atoms with E-state index in [9.17, 15) is 0 Å². The average molecular weight is 506 g/mol. The van der Waals surface area contributed by atoms with Gasteiger partial charge in [-0.1, -0.05) is 26.2 Å². The van der Waals surface area contributed by atoms with Crippen LogP contribution in [0.3, 0.4) is 0 Å². The lowest BCUT2D eigenvalue weighted by Crippen LogP contribution is -2.60. The minimum absolute atomic E-state index is 0. The molecule has 5 nitrogen and oxygen atoms in total. The van der Waals surface area contributed by atoms with E-state index in [1.54, 1.807) is 11.3 Å². The van der Waals surface area contributed by atoms with Crippen molar-refractivity contribution in [1.29, 1.82) is 0 Å². The van der Waals surface area contributed by atoms with Crippen LogP contribution in [0.2, 0.25) is 0 Å². The molecule has 3 rings (SSSR count). The molecule has 2 aliphatic rings. The predicted octanol–water partition coefficient (Wildman–Crippen LogP) is 3.67. The second-order valence-electron chi connectivity index (χ2n) is 7.65. The molecule has 154 valence electrons. The summed E-state index contributed by atoms with van der Waals surface area (Å²) < 4.78 is 5.59. The molecule has 0 bridgehead atoms. The molecular formula is C20H35IN4OS. The van der Waals surface area contributed by atoms with Crippen LogP contribution in [0.15, 0.2) is 21.8 Å². The van der Waals surface area contributed by atoms with Crippen molar-refractivity contribution in [3.05, 3.63) is 22.4 Å². The van der Waals surface area contributed by atoms with Gasteiger partial charge in [0.15, 0.2) is 5.96 Å². The largest absolute Gasteiger partial charge is 0.379 e. The Labute approximate surface area is 185 Å². The number of thiophene rings is 1. The highest BCUT2D eigenvalue weighted by molar-refractivity contribution is 14.0. The summed E-state index contributed by atoms with van der Waals surface area (Å²) in [5.41, 5.74) is 1.66. The van der Waals surface area contributed by atoms with Crippen molar-refractivity contribution < 1.29 is 4.74 Å². The Morgan fingerprint density at radius 3 is 2.63 bits per heavy atom. The Morgan fingerprint density at radius 1 is 1.26 bits per heavy atom. The minimum atomic E-state index is 0. The second kappa shape index (κ2) is 11.6. The Balaban J connectivity index is 0.00000261. The van der Waals surface area contributed by atoms with E-state index in [2.05, 4.69) is 44.3 Å². The maximum atomic E-state index is 5.59. The first-order chi connectivity index (χ1) is 12.7. The Bertz CT molecular complexity index is 554. The quantitative estimate of drug-likeness (QED) is 0.351. The molecule has 1 unspecified atom stereocenters. The topological polar surface area (TPSA) is 48.9 Å². The third-order valence-corrected chi connectivity index (χ3v) is 6.66. The lowest BCUT2D eigenvalue weighted by molar-refractivity contribution is -0.0352. The molecule has 27 heavy (non-hydrogen) atoms. The number of hydrogen-bond acceptors (Lipinski definition) is 4. The Morgan fingerprint density at radius 2 is 2.00 bits per heavy atom. The molecule has 1 atom stereocenters. The number of halogens is 1. The van der Waals surface area contributed by atoms with Gasteiger partial charge in [0, 0.05) is 38.8 Å². The van der Waals surface area contributed by atoms with Gasteiger partial charge in [0.2, 0.25) is 0 Å². The molecular weight excluding hydrogens is 471 g/mol. The van der Waals surface area contributed by atoms with E-state index in [0.29, 0.717) is 5.92 Å². The van der Waals surface area contributed by atoms with Crippen LogP contribution in [-0.4, -0.2) is 62.8 Å². The van der Waals surface area contributed by atoms with Crippen molar-refractivity contribution in [2.75, 3.05) is 46.4 Å². The number of hydrogen-bond donors (Lipinski definition) is 2. The number of guanidine groups is 1. The first-order valence-corrected chi connectivity index (χ1v) is 11.0.